The molecule has 5 heteroatoms. The first kappa shape index (κ1) is 18.6. The molecule has 5 nitrogen and oxygen atoms in total. The predicted molar refractivity (Wildman–Crippen MR) is 118 cm³/mol. The lowest BCUT2D eigenvalue weighted by molar-refractivity contribution is -0.124. The van der Waals surface area contributed by atoms with Gasteiger partial charge in [0.15, 0.2) is 0 Å². The van der Waals surface area contributed by atoms with Crippen molar-refractivity contribution in [3.05, 3.63) is 71.3 Å². The number of carbonyl (C=O) groups is 3. The summed E-state index contributed by atoms with van der Waals surface area (Å²) in [5.41, 5.74) is 3.79. The number of amides is 3. The zero-order valence-electron chi connectivity index (χ0n) is 17.5. The van der Waals surface area contributed by atoms with E-state index in [0.717, 1.165) is 23.2 Å². The zero-order chi connectivity index (χ0) is 21.4. The van der Waals surface area contributed by atoms with Gasteiger partial charge in [0.05, 0.1) is 17.5 Å². The number of nitrogens with zero attached hydrogens (tertiary/aromatic N) is 1. The molecule has 7 rings (SSSR count). The number of carbonyl (C=O) groups excluding carboxylic acids is 3. The molecule has 3 fully saturated rings. The largest absolute Gasteiger partial charge is 0.322 e. The van der Waals surface area contributed by atoms with Crippen LogP contribution in [0.3, 0.4) is 0 Å². The number of aryl methyl sites for hydroxylation is 2. The molecule has 0 radical (unpaired) electrons. The number of allylic oxidation sites excluding steroid dienone is 2. The molecule has 2 aromatic carbocycles. The Kier molecular flexibility index (Phi) is 3.83. The van der Waals surface area contributed by atoms with Gasteiger partial charge in [0.1, 0.15) is 0 Å². The molecule has 5 aliphatic rings. The van der Waals surface area contributed by atoms with Crippen LogP contribution in [-0.2, 0) is 9.59 Å². The minimum Gasteiger partial charge on any atom is -0.322 e. The highest BCUT2D eigenvalue weighted by molar-refractivity contribution is 6.23. The van der Waals surface area contributed by atoms with Crippen LogP contribution in [0.15, 0.2) is 54.6 Å². The maximum absolute atomic E-state index is 13.3. The van der Waals surface area contributed by atoms with Gasteiger partial charge in [0.2, 0.25) is 11.8 Å². The SMILES string of the molecule is Cc1ccc(NC(=O)c2cccc(N3C(=O)[C@@H]4[C@H]5C=C[C@@H]([C@@H]6C[C@@H]56)[C@@H]4C3=O)c2)c(C)c1. The van der Waals surface area contributed by atoms with Crippen molar-refractivity contribution in [2.24, 2.45) is 35.5 Å². The summed E-state index contributed by atoms with van der Waals surface area (Å²) in [7, 11) is 0. The first-order valence-corrected chi connectivity index (χ1v) is 11.0. The van der Waals surface area contributed by atoms with Crippen LogP contribution >= 0.6 is 0 Å². The van der Waals surface area contributed by atoms with E-state index < -0.39 is 0 Å². The second-order valence-electron chi connectivity index (χ2n) is 9.49. The van der Waals surface area contributed by atoms with Gasteiger partial charge in [0.25, 0.3) is 5.91 Å². The molecule has 31 heavy (non-hydrogen) atoms. The molecule has 3 amide bonds. The van der Waals surface area contributed by atoms with Crippen LogP contribution in [-0.4, -0.2) is 17.7 Å². The third-order valence-electron chi connectivity index (χ3n) is 7.66. The van der Waals surface area contributed by atoms with Gasteiger partial charge in [-0.1, -0.05) is 35.9 Å². The first-order chi connectivity index (χ1) is 14.9. The van der Waals surface area contributed by atoms with Gasteiger partial charge in [-0.05, 0) is 73.8 Å². The summed E-state index contributed by atoms with van der Waals surface area (Å²) in [5.74, 6) is 0.588. The average molecular weight is 412 g/mol. The van der Waals surface area contributed by atoms with E-state index in [4.69, 9.17) is 0 Å². The van der Waals surface area contributed by atoms with Crippen LogP contribution in [0.25, 0.3) is 0 Å². The number of nitrogens with one attached hydrogen (secondary N) is 1. The van der Waals surface area contributed by atoms with E-state index in [1.165, 1.54) is 4.90 Å². The highest BCUT2D eigenvalue weighted by atomic mass is 16.2. The van der Waals surface area contributed by atoms with E-state index in [1.807, 2.05) is 32.0 Å². The Bertz CT molecular complexity index is 1150. The van der Waals surface area contributed by atoms with Crippen molar-refractivity contribution in [3.63, 3.8) is 0 Å². The van der Waals surface area contributed by atoms with E-state index in [-0.39, 0.29) is 41.4 Å². The van der Waals surface area contributed by atoms with Crippen LogP contribution in [0, 0.1) is 49.4 Å². The smallest absolute Gasteiger partial charge is 0.255 e. The molecule has 6 atom stereocenters. The Labute approximate surface area is 181 Å². The topological polar surface area (TPSA) is 66.5 Å². The van der Waals surface area contributed by atoms with Gasteiger partial charge >= 0.3 is 0 Å². The molecule has 0 unspecified atom stereocenters. The van der Waals surface area contributed by atoms with Crippen molar-refractivity contribution in [2.75, 3.05) is 10.2 Å². The molecule has 1 saturated heterocycles. The van der Waals surface area contributed by atoms with Crippen LogP contribution in [0.4, 0.5) is 11.4 Å². The highest BCUT2D eigenvalue weighted by Gasteiger charge is 2.67. The standard InChI is InChI=1S/C26H24N2O3/c1-13-6-9-21(14(2)10-13)27-24(29)15-4-3-5-16(11-15)28-25(30)22-17-7-8-18(20-12-19(17)20)23(22)26(28)31/h3-11,17-20,22-23H,12H2,1-2H3,(H,27,29)/t17-,18-,19-,20-,22-,23+/m0/s1. The molecule has 1 aliphatic heterocycles. The molecule has 2 saturated carbocycles. The maximum Gasteiger partial charge on any atom is 0.255 e. The van der Waals surface area contributed by atoms with Crippen molar-refractivity contribution in [1.82, 2.24) is 0 Å². The zero-order valence-corrected chi connectivity index (χ0v) is 17.5. The summed E-state index contributed by atoms with van der Waals surface area (Å²) in [6, 6.07) is 12.7. The maximum atomic E-state index is 13.3. The lowest BCUT2D eigenvalue weighted by Gasteiger charge is -2.37. The summed E-state index contributed by atoms with van der Waals surface area (Å²) in [6.45, 7) is 3.96. The molecule has 156 valence electrons. The number of hydrogen-bond acceptors (Lipinski definition) is 3. The molecule has 4 aliphatic carbocycles. The molecular weight excluding hydrogens is 388 g/mol. The van der Waals surface area contributed by atoms with Crippen molar-refractivity contribution < 1.29 is 14.4 Å². The Morgan fingerprint density at radius 3 is 2.26 bits per heavy atom. The Hall–Kier alpha value is -3.21. The third kappa shape index (κ3) is 2.65. The summed E-state index contributed by atoms with van der Waals surface area (Å²) < 4.78 is 0. The highest BCUT2D eigenvalue weighted by Crippen LogP contribution is 2.65. The van der Waals surface area contributed by atoms with E-state index in [2.05, 4.69) is 17.5 Å². The lowest BCUT2D eigenvalue weighted by Crippen LogP contribution is -2.40. The fraction of sp³-hybridized carbons (Fsp3) is 0.346. The van der Waals surface area contributed by atoms with Crippen molar-refractivity contribution in [2.45, 2.75) is 20.3 Å². The van der Waals surface area contributed by atoms with Gasteiger partial charge in [-0.15, -0.1) is 0 Å². The molecule has 0 aromatic heterocycles. The second-order valence-corrected chi connectivity index (χ2v) is 9.49. The van der Waals surface area contributed by atoms with Gasteiger partial charge in [-0.25, -0.2) is 4.90 Å². The van der Waals surface area contributed by atoms with Crippen LogP contribution in [0.5, 0.6) is 0 Å². The van der Waals surface area contributed by atoms with Crippen molar-refractivity contribution >= 4 is 29.1 Å². The van der Waals surface area contributed by atoms with Gasteiger partial charge < -0.3 is 5.32 Å². The van der Waals surface area contributed by atoms with Gasteiger partial charge in [-0.2, -0.15) is 0 Å². The fourth-order valence-electron chi connectivity index (χ4n) is 6.15. The third-order valence-corrected chi connectivity index (χ3v) is 7.66. The summed E-state index contributed by atoms with van der Waals surface area (Å²) in [6.07, 6.45) is 5.48. The first-order valence-electron chi connectivity index (χ1n) is 11.0. The second kappa shape index (κ2) is 6.39. The van der Waals surface area contributed by atoms with Gasteiger partial charge in [0, 0.05) is 11.3 Å². The molecule has 0 spiro atoms. The number of benzene rings is 2. The van der Waals surface area contributed by atoms with E-state index >= 15 is 0 Å². The monoisotopic (exact) mass is 412 g/mol. The quantitative estimate of drug-likeness (QED) is 0.609. The van der Waals surface area contributed by atoms with Crippen LogP contribution < -0.4 is 10.2 Å². The number of hydrogen-bond donors (Lipinski definition) is 1. The number of imide groups is 1. The average Bonchev–Trinajstić information content (AvgIpc) is 3.53. The van der Waals surface area contributed by atoms with Crippen LogP contribution in [0.1, 0.15) is 27.9 Å². The van der Waals surface area contributed by atoms with Crippen molar-refractivity contribution in [3.8, 4) is 0 Å². The molecule has 1 heterocycles. The molecular formula is C26H24N2O3. The minimum absolute atomic E-state index is 0.105. The van der Waals surface area contributed by atoms with Crippen molar-refractivity contribution in [1.29, 1.82) is 0 Å². The molecule has 2 aromatic rings. The lowest BCUT2D eigenvalue weighted by atomic mass is 9.63. The van der Waals surface area contributed by atoms with E-state index in [1.54, 1.807) is 24.3 Å². The summed E-state index contributed by atoms with van der Waals surface area (Å²) in [4.78, 5) is 40.9. The Balaban J connectivity index is 1.28. The summed E-state index contributed by atoms with van der Waals surface area (Å²) >= 11 is 0. The molecule has 2 bridgehead atoms. The van der Waals surface area contributed by atoms with E-state index in [9.17, 15) is 14.4 Å². The predicted octanol–water partition coefficient (Wildman–Crippen LogP) is 4.11. The Morgan fingerprint density at radius 2 is 1.61 bits per heavy atom. The minimum atomic E-state index is -0.256. The van der Waals surface area contributed by atoms with E-state index in [0.29, 0.717) is 23.1 Å². The number of anilines is 2. The van der Waals surface area contributed by atoms with Gasteiger partial charge in [-0.3, -0.25) is 14.4 Å². The Morgan fingerprint density at radius 1 is 0.935 bits per heavy atom. The summed E-state index contributed by atoms with van der Waals surface area (Å²) in [5, 5.41) is 2.94. The fourth-order valence-corrected chi connectivity index (χ4v) is 6.15. The number of rotatable bonds is 3. The molecule has 1 N–H and O–H groups in total. The normalized spacial score (nSPS) is 32.1. The van der Waals surface area contributed by atoms with Crippen LogP contribution in [0.2, 0.25) is 0 Å².